The van der Waals surface area contributed by atoms with Crippen molar-refractivity contribution in [2.75, 3.05) is 0 Å². The fraction of sp³-hybridized carbons (Fsp3) is 0.200. The summed E-state index contributed by atoms with van der Waals surface area (Å²) < 4.78 is 0. The molecule has 0 amide bonds. The van der Waals surface area contributed by atoms with Crippen molar-refractivity contribution in [1.29, 1.82) is 0 Å². The monoisotopic (exact) mass is 246 g/mol. The van der Waals surface area contributed by atoms with Gasteiger partial charge in [0.25, 0.3) is 0 Å². The zero-order valence-corrected chi connectivity index (χ0v) is 10.7. The molecule has 1 atom stereocenters. The van der Waals surface area contributed by atoms with Crippen LogP contribution >= 0.6 is 11.6 Å². The van der Waals surface area contributed by atoms with Crippen molar-refractivity contribution >= 4 is 11.6 Å². The van der Waals surface area contributed by atoms with Gasteiger partial charge < -0.3 is 5.11 Å². The molecule has 0 fully saturated rings. The van der Waals surface area contributed by atoms with Crippen LogP contribution < -0.4 is 0 Å². The molecule has 0 saturated carbocycles. The average molecular weight is 247 g/mol. The van der Waals surface area contributed by atoms with Crippen LogP contribution in [0, 0.1) is 13.8 Å². The summed E-state index contributed by atoms with van der Waals surface area (Å²) in [7, 11) is 0. The molecule has 0 saturated heterocycles. The number of halogens is 1. The highest BCUT2D eigenvalue weighted by Crippen LogP contribution is 2.27. The largest absolute Gasteiger partial charge is 0.384 e. The maximum Gasteiger partial charge on any atom is 0.104 e. The molecule has 0 aliphatic heterocycles. The van der Waals surface area contributed by atoms with Gasteiger partial charge in [0.05, 0.1) is 0 Å². The molecule has 0 bridgehead atoms. The van der Waals surface area contributed by atoms with Crippen LogP contribution in [-0.4, -0.2) is 5.11 Å². The van der Waals surface area contributed by atoms with Crippen LogP contribution in [0.5, 0.6) is 0 Å². The van der Waals surface area contributed by atoms with E-state index >= 15 is 0 Å². The SMILES string of the molecule is Cc1cc(Cl)cc(C(O)c2ccccc2C)c1. The number of hydrogen-bond donors (Lipinski definition) is 1. The van der Waals surface area contributed by atoms with Crippen molar-refractivity contribution in [2.45, 2.75) is 20.0 Å². The molecule has 2 rings (SSSR count). The summed E-state index contributed by atoms with van der Waals surface area (Å²) in [5.41, 5.74) is 3.90. The Kier molecular flexibility index (Phi) is 3.51. The molecule has 1 nitrogen and oxygen atoms in total. The van der Waals surface area contributed by atoms with E-state index in [-0.39, 0.29) is 0 Å². The van der Waals surface area contributed by atoms with Crippen LogP contribution in [-0.2, 0) is 0 Å². The van der Waals surface area contributed by atoms with Gasteiger partial charge >= 0.3 is 0 Å². The minimum Gasteiger partial charge on any atom is -0.384 e. The van der Waals surface area contributed by atoms with Crippen molar-refractivity contribution in [1.82, 2.24) is 0 Å². The summed E-state index contributed by atoms with van der Waals surface area (Å²) >= 11 is 6.01. The van der Waals surface area contributed by atoms with E-state index in [1.807, 2.05) is 56.3 Å². The third kappa shape index (κ3) is 2.68. The van der Waals surface area contributed by atoms with Crippen LogP contribution in [0.15, 0.2) is 42.5 Å². The summed E-state index contributed by atoms with van der Waals surface area (Å²) in [6, 6.07) is 13.5. The summed E-state index contributed by atoms with van der Waals surface area (Å²) in [6.45, 7) is 3.97. The van der Waals surface area contributed by atoms with Gasteiger partial charge in [-0.05, 0) is 48.2 Å². The zero-order valence-electron chi connectivity index (χ0n) is 9.94. The Hall–Kier alpha value is -1.31. The molecule has 2 aromatic rings. The molecule has 1 unspecified atom stereocenters. The predicted octanol–water partition coefficient (Wildman–Crippen LogP) is 4.04. The van der Waals surface area contributed by atoms with Crippen molar-refractivity contribution < 1.29 is 5.11 Å². The first-order chi connectivity index (χ1) is 8.08. The Balaban J connectivity index is 2.43. The van der Waals surface area contributed by atoms with Crippen LogP contribution in [0.3, 0.4) is 0 Å². The lowest BCUT2D eigenvalue weighted by molar-refractivity contribution is 0.219. The van der Waals surface area contributed by atoms with E-state index < -0.39 is 6.10 Å². The molecule has 2 aromatic carbocycles. The molecule has 17 heavy (non-hydrogen) atoms. The lowest BCUT2D eigenvalue weighted by atomic mass is 9.96. The molecule has 0 aliphatic rings. The summed E-state index contributed by atoms with van der Waals surface area (Å²) in [4.78, 5) is 0. The predicted molar refractivity (Wildman–Crippen MR) is 71.4 cm³/mol. The second-order valence-electron chi connectivity index (χ2n) is 4.32. The first-order valence-electron chi connectivity index (χ1n) is 5.58. The molecule has 0 aromatic heterocycles. The second kappa shape index (κ2) is 4.91. The number of aliphatic hydroxyl groups excluding tert-OH is 1. The van der Waals surface area contributed by atoms with Gasteiger partial charge in [-0.2, -0.15) is 0 Å². The fourth-order valence-corrected chi connectivity index (χ4v) is 2.29. The quantitative estimate of drug-likeness (QED) is 0.848. The molecule has 1 N–H and O–H groups in total. The van der Waals surface area contributed by atoms with Gasteiger partial charge in [0, 0.05) is 5.02 Å². The van der Waals surface area contributed by atoms with E-state index in [0.29, 0.717) is 5.02 Å². The maximum atomic E-state index is 10.4. The number of benzene rings is 2. The van der Waals surface area contributed by atoms with E-state index in [0.717, 1.165) is 22.3 Å². The number of aliphatic hydroxyl groups is 1. The zero-order chi connectivity index (χ0) is 12.4. The molecule has 88 valence electrons. The van der Waals surface area contributed by atoms with Gasteiger partial charge in [-0.1, -0.05) is 41.9 Å². The lowest BCUT2D eigenvalue weighted by Gasteiger charge is -2.15. The standard InChI is InChI=1S/C15H15ClO/c1-10-7-12(9-13(16)8-10)15(17)14-6-4-3-5-11(14)2/h3-9,15,17H,1-2H3. The first kappa shape index (κ1) is 12.2. The molecular formula is C15H15ClO. The summed E-state index contributed by atoms with van der Waals surface area (Å²) in [5, 5.41) is 11.0. The summed E-state index contributed by atoms with van der Waals surface area (Å²) in [5.74, 6) is 0. The Labute approximate surface area is 107 Å². The summed E-state index contributed by atoms with van der Waals surface area (Å²) in [6.07, 6.45) is -0.617. The van der Waals surface area contributed by atoms with Gasteiger partial charge in [-0.15, -0.1) is 0 Å². The maximum absolute atomic E-state index is 10.4. The van der Waals surface area contributed by atoms with Crippen molar-refractivity contribution in [3.8, 4) is 0 Å². The van der Waals surface area contributed by atoms with Gasteiger partial charge in [0.2, 0.25) is 0 Å². The third-order valence-electron chi connectivity index (χ3n) is 2.86. The molecule has 0 aliphatic carbocycles. The van der Waals surface area contributed by atoms with Crippen LogP contribution in [0.4, 0.5) is 0 Å². The Bertz CT molecular complexity index is 514. The van der Waals surface area contributed by atoms with Gasteiger partial charge in [-0.3, -0.25) is 0 Å². The third-order valence-corrected chi connectivity index (χ3v) is 3.08. The van der Waals surface area contributed by atoms with E-state index in [1.165, 1.54) is 0 Å². The number of rotatable bonds is 2. The van der Waals surface area contributed by atoms with E-state index in [9.17, 15) is 5.11 Å². The minimum absolute atomic E-state index is 0.617. The molecule has 0 heterocycles. The van der Waals surface area contributed by atoms with Gasteiger partial charge in [0.1, 0.15) is 6.10 Å². The Morgan fingerprint density at radius 3 is 2.41 bits per heavy atom. The molecule has 0 spiro atoms. The fourth-order valence-electron chi connectivity index (χ4n) is 2.00. The normalized spacial score (nSPS) is 12.5. The Morgan fingerprint density at radius 2 is 1.76 bits per heavy atom. The van der Waals surface area contributed by atoms with Crippen molar-refractivity contribution in [3.05, 3.63) is 69.7 Å². The smallest absolute Gasteiger partial charge is 0.104 e. The Morgan fingerprint density at radius 1 is 1.06 bits per heavy atom. The van der Waals surface area contributed by atoms with Crippen molar-refractivity contribution in [3.63, 3.8) is 0 Å². The highest BCUT2D eigenvalue weighted by atomic mass is 35.5. The topological polar surface area (TPSA) is 20.2 Å². The second-order valence-corrected chi connectivity index (χ2v) is 4.76. The van der Waals surface area contributed by atoms with Crippen LogP contribution in [0.2, 0.25) is 5.02 Å². The molecule has 0 radical (unpaired) electrons. The highest BCUT2D eigenvalue weighted by Gasteiger charge is 2.13. The lowest BCUT2D eigenvalue weighted by Crippen LogP contribution is -2.02. The van der Waals surface area contributed by atoms with E-state index in [1.54, 1.807) is 0 Å². The van der Waals surface area contributed by atoms with Crippen molar-refractivity contribution in [2.24, 2.45) is 0 Å². The number of hydrogen-bond acceptors (Lipinski definition) is 1. The van der Waals surface area contributed by atoms with E-state index in [4.69, 9.17) is 11.6 Å². The first-order valence-corrected chi connectivity index (χ1v) is 5.96. The van der Waals surface area contributed by atoms with Crippen LogP contribution in [0.25, 0.3) is 0 Å². The number of aryl methyl sites for hydroxylation is 2. The van der Waals surface area contributed by atoms with E-state index in [2.05, 4.69) is 0 Å². The van der Waals surface area contributed by atoms with Gasteiger partial charge in [-0.25, -0.2) is 0 Å². The average Bonchev–Trinajstić information content (AvgIpc) is 2.27. The molecular weight excluding hydrogens is 232 g/mol. The minimum atomic E-state index is -0.617. The van der Waals surface area contributed by atoms with Crippen LogP contribution in [0.1, 0.15) is 28.4 Å². The van der Waals surface area contributed by atoms with Gasteiger partial charge in [0.15, 0.2) is 0 Å². The highest BCUT2D eigenvalue weighted by molar-refractivity contribution is 6.30. The molecule has 2 heteroatoms.